The molecule has 0 amide bonds. The zero-order valence-electron chi connectivity index (χ0n) is 14.6. The maximum atomic E-state index is 11.4. The van der Waals surface area contributed by atoms with Crippen molar-refractivity contribution >= 4 is 11.9 Å². The second-order valence-electron chi connectivity index (χ2n) is 6.71. The van der Waals surface area contributed by atoms with Crippen molar-refractivity contribution in [1.29, 1.82) is 0 Å². The number of unbranched alkanes of at least 4 members (excludes halogenated alkanes) is 9. The van der Waals surface area contributed by atoms with Gasteiger partial charge < -0.3 is 10.2 Å². The van der Waals surface area contributed by atoms with Crippen molar-refractivity contribution in [1.82, 2.24) is 0 Å². The lowest BCUT2D eigenvalue weighted by atomic mass is 9.74. The Balaban J connectivity index is 3.83. The van der Waals surface area contributed by atoms with Gasteiger partial charge in [0.05, 0.1) is 11.3 Å². The van der Waals surface area contributed by atoms with Crippen LogP contribution in [0.5, 0.6) is 0 Å². The smallest absolute Gasteiger partial charge is 0.310 e. The summed E-state index contributed by atoms with van der Waals surface area (Å²) < 4.78 is 0. The minimum atomic E-state index is -1.16. The van der Waals surface area contributed by atoms with E-state index in [9.17, 15) is 14.7 Å². The van der Waals surface area contributed by atoms with Crippen LogP contribution in [0.15, 0.2) is 0 Å². The van der Waals surface area contributed by atoms with Gasteiger partial charge in [0.1, 0.15) is 0 Å². The monoisotopic (exact) mass is 314 g/mol. The number of hydrogen-bond acceptors (Lipinski definition) is 2. The summed E-state index contributed by atoms with van der Waals surface area (Å²) in [6.07, 6.45) is 12.3. The van der Waals surface area contributed by atoms with Gasteiger partial charge in [0.25, 0.3) is 0 Å². The second-order valence-corrected chi connectivity index (χ2v) is 6.71. The van der Waals surface area contributed by atoms with E-state index in [2.05, 4.69) is 6.92 Å². The Bertz CT molecular complexity index is 327. The lowest BCUT2D eigenvalue weighted by molar-refractivity contribution is -0.161. The van der Waals surface area contributed by atoms with Crippen LogP contribution in [0.25, 0.3) is 0 Å². The van der Waals surface area contributed by atoms with Crippen LogP contribution in [0, 0.1) is 11.3 Å². The van der Waals surface area contributed by atoms with E-state index in [0.29, 0.717) is 6.42 Å². The van der Waals surface area contributed by atoms with Crippen molar-refractivity contribution in [3.8, 4) is 0 Å². The zero-order valence-corrected chi connectivity index (χ0v) is 14.6. The van der Waals surface area contributed by atoms with E-state index in [-0.39, 0.29) is 0 Å². The van der Waals surface area contributed by atoms with Crippen LogP contribution in [0.3, 0.4) is 0 Å². The maximum Gasteiger partial charge on any atom is 0.310 e. The molecule has 22 heavy (non-hydrogen) atoms. The Hall–Kier alpha value is -1.06. The Kier molecular flexibility index (Phi) is 10.9. The molecule has 0 fully saturated rings. The predicted molar refractivity (Wildman–Crippen MR) is 89.0 cm³/mol. The van der Waals surface area contributed by atoms with E-state index in [0.717, 1.165) is 19.3 Å². The third-order valence-corrected chi connectivity index (χ3v) is 4.86. The Morgan fingerprint density at radius 2 is 1.27 bits per heavy atom. The standard InChI is InChI=1S/C18H34O4/c1-4-5-6-7-8-9-10-11-12-13-14-18(3,17(21)22)15(2)16(19)20/h15H,4-14H2,1-3H3,(H,19,20)(H,21,22). The molecule has 0 heterocycles. The lowest BCUT2D eigenvalue weighted by Crippen LogP contribution is -2.38. The first-order chi connectivity index (χ1) is 10.4. The third kappa shape index (κ3) is 7.81. The van der Waals surface area contributed by atoms with Crippen molar-refractivity contribution in [2.75, 3.05) is 0 Å². The number of carbonyl (C=O) groups is 2. The molecule has 2 atom stereocenters. The summed E-state index contributed by atoms with van der Waals surface area (Å²) in [6, 6.07) is 0. The van der Waals surface area contributed by atoms with Gasteiger partial charge in [-0.25, -0.2) is 0 Å². The quantitative estimate of drug-likeness (QED) is 0.437. The van der Waals surface area contributed by atoms with Crippen LogP contribution >= 0.6 is 0 Å². The van der Waals surface area contributed by atoms with Gasteiger partial charge >= 0.3 is 11.9 Å². The maximum absolute atomic E-state index is 11.4. The number of hydrogen-bond donors (Lipinski definition) is 2. The Labute approximate surface area is 135 Å². The Morgan fingerprint density at radius 3 is 1.64 bits per heavy atom. The first kappa shape index (κ1) is 20.9. The highest BCUT2D eigenvalue weighted by molar-refractivity contribution is 5.82. The van der Waals surface area contributed by atoms with Gasteiger partial charge in [-0.05, 0) is 13.3 Å². The minimum Gasteiger partial charge on any atom is -0.481 e. The molecule has 0 spiro atoms. The highest BCUT2D eigenvalue weighted by atomic mass is 16.4. The molecule has 0 aromatic carbocycles. The molecule has 0 radical (unpaired) electrons. The molecule has 0 saturated heterocycles. The SMILES string of the molecule is CCCCCCCCCCCCC(C)(C(=O)O)C(C)C(=O)O. The zero-order chi connectivity index (χ0) is 17.0. The molecule has 4 nitrogen and oxygen atoms in total. The second kappa shape index (κ2) is 11.5. The van der Waals surface area contributed by atoms with E-state index in [1.54, 1.807) is 6.92 Å². The van der Waals surface area contributed by atoms with Gasteiger partial charge in [-0.15, -0.1) is 0 Å². The van der Waals surface area contributed by atoms with Crippen molar-refractivity contribution < 1.29 is 19.8 Å². The van der Waals surface area contributed by atoms with Crippen LogP contribution in [0.2, 0.25) is 0 Å². The molecule has 2 N–H and O–H groups in total. The van der Waals surface area contributed by atoms with E-state index in [1.807, 2.05) is 0 Å². The number of rotatable bonds is 14. The molecule has 0 saturated carbocycles. The summed E-state index contributed by atoms with van der Waals surface area (Å²) in [7, 11) is 0. The van der Waals surface area contributed by atoms with Gasteiger partial charge in [0.15, 0.2) is 0 Å². The van der Waals surface area contributed by atoms with Crippen molar-refractivity contribution in [3.63, 3.8) is 0 Å². The van der Waals surface area contributed by atoms with Crippen molar-refractivity contribution in [3.05, 3.63) is 0 Å². The summed E-state index contributed by atoms with van der Waals surface area (Å²) in [6.45, 7) is 5.27. The number of carboxylic acid groups (broad SMARTS) is 2. The highest BCUT2D eigenvalue weighted by Crippen LogP contribution is 2.34. The molecular formula is C18H34O4. The van der Waals surface area contributed by atoms with Crippen LogP contribution in [0.1, 0.15) is 91.4 Å². The molecule has 0 aromatic heterocycles. The van der Waals surface area contributed by atoms with Gasteiger partial charge in [0, 0.05) is 0 Å². The first-order valence-electron chi connectivity index (χ1n) is 8.82. The van der Waals surface area contributed by atoms with Gasteiger partial charge in [-0.1, -0.05) is 78.1 Å². The average Bonchev–Trinajstić information content (AvgIpc) is 2.47. The summed E-state index contributed by atoms with van der Waals surface area (Å²) in [5.41, 5.74) is -1.16. The van der Waals surface area contributed by atoms with Crippen LogP contribution in [-0.4, -0.2) is 22.2 Å². The average molecular weight is 314 g/mol. The van der Waals surface area contributed by atoms with Gasteiger partial charge in [0.2, 0.25) is 0 Å². The third-order valence-electron chi connectivity index (χ3n) is 4.86. The molecule has 0 rings (SSSR count). The van der Waals surface area contributed by atoms with Crippen molar-refractivity contribution in [2.45, 2.75) is 91.4 Å². The molecule has 0 aliphatic carbocycles. The fourth-order valence-corrected chi connectivity index (χ4v) is 2.76. The topological polar surface area (TPSA) is 74.6 Å². The van der Waals surface area contributed by atoms with Crippen LogP contribution in [0.4, 0.5) is 0 Å². The van der Waals surface area contributed by atoms with E-state index in [4.69, 9.17) is 5.11 Å². The highest BCUT2D eigenvalue weighted by Gasteiger charge is 2.42. The van der Waals surface area contributed by atoms with Gasteiger partial charge in [-0.3, -0.25) is 9.59 Å². The largest absolute Gasteiger partial charge is 0.481 e. The summed E-state index contributed by atoms with van der Waals surface area (Å²) in [4.78, 5) is 22.5. The molecule has 0 bridgehead atoms. The first-order valence-corrected chi connectivity index (χ1v) is 8.82. The number of carboxylic acids is 2. The lowest BCUT2D eigenvalue weighted by Gasteiger charge is -2.28. The van der Waals surface area contributed by atoms with Crippen LogP contribution in [-0.2, 0) is 9.59 Å². The molecule has 0 aliphatic heterocycles. The van der Waals surface area contributed by atoms with Gasteiger partial charge in [-0.2, -0.15) is 0 Å². The normalized spacial score (nSPS) is 15.2. The summed E-state index contributed by atoms with van der Waals surface area (Å²) in [5.74, 6) is -2.89. The molecule has 0 aromatic rings. The molecule has 0 aliphatic rings. The number of aliphatic carboxylic acids is 2. The minimum absolute atomic E-state index is 0.437. The predicted octanol–water partition coefficient (Wildman–Crippen LogP) is 5.11. The van der Waals surface area contributed by atoms with E-state index < -0.39 is 23.3 Å². The van der Waals surface area contributed by atoms with E-state index in [1.165, 1.54) is 51.9 Å². The fraction of sp³-hybridized carbons (Fsp3) is 0.889. The molecule has 130 valence electrons. The summed E-state index contributed by atoms with van der Waals surface area (Å²) in [5, 5.41) is 18.4. The summed E-state index contributed by atoms with van der Waals surface area (Å²) >= 11 is 0. The van der Waals surface area contributed by atoms with E-state index >= 15 is 0 Å². The Morgan fingerprint density at radius 1 is 0.864 bits per heavy atom. The molecule has 2 unspecified atom stereocenters. The van der Waals surface area contributed by atoms with Crippen LogP contribution < -0.4 is 0 Å². The fourth-order valence-electron chi connectivity index (χ4n) is 2.76. The molecule has 4 heteroatoms. The van der Waals surface area contributed by atoms with Crippen molar-refractivity contribution in [2.24, 2.45) is 11.3 Å². The molecular weight excluding hydrogens is 280 g/mol.